The van der Waals surface area contributed by atoms with Crippen LogP contribution in [-0.2, 0) is 9.16 Å². The maximum absolute atomic E-state index is 11.8. The van der Waals surface area contributed by atoms with Gasteiger partial charge in [-0.15, -0.1) is 0 Å². The normalized spacial score (nSPS) is 16.3. The summed E-state index contributed by atoms with van der Waals surface area (Å²) in [4.78, 5) is 11.8. The zero-order valence-electron chi connectivity index (χ0n) is 15.0. The van der Waals surface area contributed by atoms with Gasteiger partial charge in [0.2, 0.25) is 0 Å². The van der Waals surface area contributed by atoms with Crippen LogP contribution >= 0.6 is 0 Å². The molecule has 0 aromatic heterocycles. The summed E-state index contributed by atoms with van der Waals surface area (Å²) in [5.41, 5.74) is -0.562. The first-order chi connectivity index (χ1) is 9.16. The lowest BCUT2D eigenvalue weighted by molar-refractivity contribution is 0.0384. The van der Waals surface area contributed by atoms with Gasteiger partial charge in [0.25, 0.3) is 0 Å². The molecule has 0 aliphatic rings. The lowest BCUT2D eigenvalue weighted by Crippen LogP contribution is -2.50. The number of alkyl carbamates (subject to hydrolysis) is 1. The summed E-state index contributed by atoms with van der Waals surface area (Å²) < 4.78 is 11.3. The lowest BCUT2D eigenvalue weighted by atomic mass is 10.2. The quantitative estimate of drug-likeness (QED) is 0.763. The topological polar surface area (TPSA) is 67.8 Å². The van der Waals surface area contributed by atoms with Gasteiger partial charge >= 0.3 is 6.09 Å². The molecule has 0 radical (unpaired) electrons. The highest BCUT2D eigenvalue weighted by Crippen LogP contribution is 2.36. The molecule has 2 N–H and O–H groups in total. The average molecular weight is 320 g/mol. The molecule has 5 nitrogen and oxygen atoms in total. The minimum absolute atomic E-state index is 0.0855. The fourth-order valence-corrected chi connectivity index (χ4v) is 2.30. The molecule has 2 unspecified atom stereocenters. The Balaban J connectivity index is 4.63. The van der Waals surface area contributed by atoms with E-state index in [1.807, 2.05) is 0 Å². The maximum Gasteiger partial charge on any atom is 0.408 e. The molecule has 0 aliphatic carbocycles. The number of nitrogens with one attached hydrogen (secondary N) is 1. The van der Waals surface area contributed by atoms with Crippen molar-refractivity contribution in [1.82, 2.24) is 5.32 Å². The lowest BCUT2D eigenvalue weighted by Gasteiger charge is -2.37. The zero-order valence-corrected chi connectivity index (χ0v) is 16.0. The van der Waals surface area contributed by atoms with E-state index in [1.54, 1.807) is 27.7 Å². The maximum atomic E-state index is 11.8. The van der Waals surface area contributed by atoms with Gasteiger partial charge in [-0.25, -0.2) is 4.79 Å². The second kappa shape index (κ2) is 7.11. The van der Waals surface area contributed by atoms with E-state index < -0.39 is 32.2 Å². The highest BCUT2D eigenvalue weighted by molar-refractivity contribution is 6.74. The second-order valence-corrected chi connectivity index (χ2v) is 12.9. The Morgan fingerprint density at radius 1 is 1.19 bits per heavy atom. The average Bonchev–Trinajstić information content (AvgIpc) is 2.19. The predicted octanol–water partition coefficient (Wildman–Crippen LogP) is 3.28. The molecule has 6 heteroatoms. The van der Waals surface area contributed by atoms with E-state index in [0.717, 1.165) is 0 Å². The van der Waals surface area contributed by atoms with E-state index in [2.05, 4.69) is 39.2 Å². The smallest absolute Gasteiger partial charge is 0.408 e. The first kappa shape index (κ1) is 20.4. The molecule has 0 rings (SSSR count). The minimum atomic E-state index is -1.91. The SMILES string of the molecule is CC(O)C(CO[Si](C)(C)C(C)(C)C)NC(=O)OC(C)(C)C. The molecule has 126 valence electrons. The van der Waals surface area contributed by atoms with Crippen molar-refractivity contribution in [3.63, 3.8) is 0 Å². The van der Waals surface area contributed by atoms with Crippen LogP contribution in [-0.4, -0.2) is 43.9 Å². The molecule has 0 aliphatic heterocycles. The van der Waals surface area contributed by atoms with Gasteiger partial charge < -0.3 is 19.6 Å². The Morgan fingerprint density at radius 3 is 2.00 bits per heavy atom. The summed E-state index contributed by atoms with van der Waals surface area (Å²) in [5.74, 6) is 0. The van der Waals surface area contributed by atoms with E-state index >= 15 is 0 Å². The highest BCUT2D eigenvalue weighted by Gasteiger charge is 2.38. The van der Waals surface area contributed by atoms with Crippen molar-refractivity contribution >= 4 is 14.4 Å². The fourth-order valence-electron chi connectivity index (χ4n) is 1.28. The number of aliphatic hydroxyl groups excluding tert-OH is 1. The Bertz CT molecular complexity index is 343. The number of aliphatic hydroxyl groups is 1. The molecule has 0 heterocycles. The van der Waals surface area contributed by atoms with Crippen molar-refractivity contribution < 1.29 is 19.1 Å². The van der Waals surface area contributed by atoms with Crippen molar-refractivity contribution in [3.8, 4) is 0 Å². The first-order valence-electron chi connectivity index (χ1n) is 7.47. The first-order valence-corrected chi connectivity index (χ1v) is 10.4. The van der Waals surface area contributed by atoms with Gasteiger partial charge in [-0.2, -0.15) is 0 Å². The number of rotatable bonds is 5. The van der Waals surface area contributed by atoms with Gasteiger partial charge in [-0.3, -0.25) is 0 Å². The van der Waals surface area contributed by atoms with Gasteiger partial charge in [-0.05, 0) is 45.8 Å². The molecular weight excluding hydrogens is 286 g/mol. The van der Waals surface area contributed by atoms with Gasteiger partial charge in [0, 0.05) is 0 Å². The molecular formula is C15H33NO4Si. The number of hydrogen-bond acceptors (Lipinski definition) is 4. The van der Waals surface area contributed by atoms with Crippen LogP contribution in [0.15, 0.2) is 0 Å². The van der Waals surface area contributed by atoms with E-state index in [1.165, 1.54) is 0 Å². The molecule has 0 saturated carbocycles. The molecule has 0 fully saturated rings. The molecule has 21 heavy (non-hydrogen) atoms. The molecule has 0 aromatic carbocycles. The Labute approximate surface area is 130 Å². The van der Waals surface area contributed by atoms with Crippen LogP contribution < -0.4 is 5.32 Å². The van der Waals surface area contributed by atoms with Gasteiger partial charge in [-0.1, -0.05) is 20.8 Å². The van der Waals surface area contributed by atoms with Crippen LogP contribution in [0.5, 0.6) is 0 Å². The molecule has 2 atom stereocenters. The van der Waals surface area contributed by atoms with Crippen LogP contribution in [0.25, 0.3) is 0 Å². The number of amides is 1. The minimum Gasteiger partial charge on any atom is -0.444 e. The predicted molar refractivity (Wildman–Crippen MR) is 88.0 cm³/mol. The van der Waals surface area contributed by atoms with Gasteiger partial charge in [0.15, 0.2) is 8.32 Å². The van der Waals surface area contributed by atoms with Crippen LogP contribution in [0, 0.1) is 0 Å². The summed E-state index contributed by atoms with van der Waals surface area (Å²) in [5, 5.41) is 12.6. The van der Waals surface area contributed by atoms with Crippen molar-refractivity contribution in [2.45, 2.75) is 84.3 Å². The van der Waals surface area contributed by atoms with E-state index in [4.69, 9.17) is 9.16 Å². The van der Waals surface area contributed by atoms with Crippen LogP contribution in [0.1, 0.15) is 48.5 Å². The summed E-state index contributed by atoms with van der Waals surface area (Å²) in [7, 11) is -1.91. The van der Waals surface area contributed by atoms with E-state index in [0.29, 0.717) is 0 Å². The molecule has 0 saturated heterocycles. The third kappa shape index (κ3) is 7.83. The summed E-state index contributed by atoms with van der Waals surface area (Å²) in [6, 6.07) is -0.478. The van der Waals surface area contributed by atoms with Crippen LogP contribution in [0.4, 0.5) is 4.79 Å². The standard InChI is InChI=1S/C15H33NO4Si/c1-11(17)12(16-13(18)20-14(2,3)4)10-19-21(8,9)15(5,6)7/h11-12,17H,10H2,1-9H3,(H,16,18). The van der Waals surface area contributed by atoms with Gasteiger partial charge in [0.1, 0.15) is 5.60 Å². The molecule has 0 spiro atoms. The summed E-state index contributed by atoms with van der Waals surface area (Å²) in [6.45, 7) is 18.1. The van der Waals surface area contributed by atoms with Crippen molar-refractivity contribution in [1.29, 1.82) is 0 Å². The van der Waals surface area contributed by atoms with E-state index in [-0.39, 0.29) is 11.6 Å². The largest absolute Gasteiger partial charge is 0.444 e. The van der Waals surface area contributed by atoms with Crippen molar-refractivity contribution in [2.75, 3.05) is 6.61 Å². The molecule has 1 amide bonds. The number of ether oxygens (including phenoxy) is 1. The number of hydrogen-bond donors (Lipinski definition) is 2. The summed E-state index contributed by atoms with van der Waals surface area (Å²) in [6.07, 6.45) is -1.24. The van der Waals surface area contributed by atoms with Crippen LogP contribution in [0.3, 0.4) is 0 Å². The Kier molecular flexibility index (Phi) is 6.91. The second-order valence-electron chi connectivity index (χ2n) is 8.06. The Hall–Kier alpha value is -0.593. The number of carbonyl (C=O) groups excluding carboxylic acids is 1. The van der Waals surface area contributed by atoms with Crippen molar-refractivity contribution in [3.05, 3.63) is 0 Å². The van der Waals surface area contributed by atoms with Crippen molar-refractivity contribution in [2.24, 2.45) is 0 Å². The monoisotopic (exact) mass is 319 g/mol. The van der Waals surface area contributed by atoms with E-state index in [9.17, 15) is 9.90 Å². The molecule has 0 bridgehead atoms. The number of carbonyl (C=O) groups is 1. The third-order valence-electron chi connectivity index (χ3n) is 3.71. The fraction of sp³-hybridized carbons (Fsp3) is 0.933. The Morgan fingerprint density at radius 2 is 1.67 bits per heavy atom. The van der Waals surface area contributed by atoms with Gasteiger partial charge in [0.05, 0.1) is 18.8 Å². The molecule has 0 aromatic rings. The zero-order chi connectivity index (χ0) is 17.1. The third-order valence-corrected chi connectivity index (χ3v) is 8.22. The summed E-state index contributed by atoms with van der Waals surface area (Å²) >= 11 is 0. The van der Waals surface area contributed by atoms with Crippen LogP contribution in [0.2, 0.25) is 18.1 Å². The highest BCUT2D eigenvalue weighted by atomic mass is 28.4.